The molecule has 1 aromatic carbocycles. The van der Waals surface area contributed by atoms with Crippen molar-refractivity contribution in [3.05, 3.63) is 65.3 Å². The van der Waals surface area contributed by atoms with Gasteiger partial charge in [-0.1, -0.05) is 6.07 Å². The van der Waals surface area contributed by atoms with Crippen LogP contribution in [-0.2, 0) is 4.74 Å². The van der Waals surface area contributed by atoms with E-state index in [9.17, 15) is 9.59 Å². The molecule has 2 heterocycles. The zero-order valence-corrected chi connectivity index (χ0v) is 14.6. The lowest BCUT2D eigenvalue weighted by Gasteiger charge is -2.07. The Hall–Kier alpha value is -3.48. The number of nitrogens with zero attached hydrogens (tertiary/aromatic N) is 2. The molecule has 0 aliphatic rings. The highest BCUT2D eigenvalue weighted by Crippen LogP contribution is 2.24. The smallest absolute Gasteiger partial charge is 0.339 e. The van der Waals surface area contributed by atoms with Gasteiger partial charge in [0.05, 0.1) is 23.9 Å². The molecule has 0 saturated carbocycles. The van der Waals surface area contributed by atoms with Crippen LogP contribution in [0.3, 0.4) is 0 Å². The van der Waals surface area contributed by atoms with Crippen LogP contribution in [0.4, 0.5) is 5.69 Å². The van der Waals surface area contributed by atoms with Crippen LogP contribution in [0.15, 0.2) is 47.1 Å². The van der Waals surface area contributed by atoms with Crippen molar-refractivity contribution in [1.29, 1.82) is 0 Å². The van der Waals surface area contributed by atoms with Crippen LogP contribution in [0.25, 0.3) is 11.5 Å². The van der Waals surface area contributed by atoms with E-state index < -0.39 is 5.97 Å². The summed E-state index contributed by atoms with van der Waals surface area (Å²) in [6.45, 7) is 3.72. The molecule has 0 fully saturated rings. The van der Waals surface area contributed by atoms with E-state index in [4.69, 9.17) is 4.42 Å². The monoisotopic (exact) mass is 351 g/mol. The van der Waals surface area contributed by atoms with Gasteiger partial charge >= 0.3 is 5.97 Å². The van der Waals surface area contributed by atoms with E-state index in [0.717, 1.165) is 17.0 Å². The predicted molar refractivity (Wildman–Crippen MR) is 94.9 cm³/mol. The number of anilines is 1. The molecule has 0 saturated heterocycles. The van der Waals surface area contributed by atoms with E-state index in [0.29, 0.717) is 11.6 Å². The number of oxazole rings is 1. The molecule has 2 aromatic heterocycles. The summed E-state index contributed by atoms with van der Waals surface area (Å²) < 4.78 is 10.3. The van der Waals surface area contributed by atoms with Crippen LogP contribution in [0.5, 0.6) is 0 Å². The summed E-state index contributed by atoms with van der Waals surface area (Å²) in [6, 6.07) is 8.59. The van der Waals surface area contributed by atoms with Crippen molar-refractivity contribution < 1.29 is 18.7 Å². The van der Waals surface area contributed by atoms with Gasteiger partial charge in [0.25, 0.3) is 5.91 Å². The molecule has 0 unspecified atom stereocenters. The molecule has 0 aliphatic heterocycles. The summed E-state index contributed by atoms with van der Waals surface area (Å²) in [5.41, 5.74) is 2.60. The first-order valence-electron chi connectivity index (χ1n) is 7.87. The number of nitrogens with one attached hydrogen (secondary N) is 1. The van der Waals surface area contributed by atoms with Gasteiger partial charge in [0, 0.05) is 23.6 Å². The van der Waals surface area contributed by atoms with Gasteiger partial charge in [-0.2, -0.15) is 0 Å². The molecule has 0 spiro atoms. The second-order valence-corrected chi connectivity index (χ2v) is 5.65. The number of aryl methyl sites for hydroxylation is 2. The molecule has 1 N–H and O–H groups in total. The molecule has 3 aromatic rings. The Bertz CT molecular complexity index is 959. The first-order valence-corrected chi connectivity index (χ1v) is 7.87. The highest BCUT2D eigenvalue weighted by molar-refractivity contribution is 6.05. The van der Waals surface area contributed by atoms with Crippen molar-refractivity contribution in [2.45, 2.75) is 13.8 Å². The van der Waals surface area contributed by atoms with E-state index in [2.05, 4.69) is 20.0 Å². The predicted octanol–water partition coefficient (Wildman–Crippen LogP) is 3.39. The molecule has 0 aliphatic carbocycles. The average molecular weight is 351 g/mol. The number of methoxy groups -OCH3 is 1. The molecule has 0 atom stereocenters. The van der Waals surface area contributed by atoms with E-state index in [1.165, 1.54) is 25.6 Å². The first kappa shape index (κ1) is 17.3. The van der Waals surface area contributed by atoms with Crippen molar-refractivity contribution in [3.63, 3.8) is 0 Å². The van der Waals surface area contributed by atoms with Gasteiger partial charge < -0.3 is 14.5 Å². The standard InChI is InChI=1S/C19H17N3O4/c1-11-12(2)26-18(21-11)13-5-4-6-16(8-13)22-17(23)14-7-15(10-20-9-14)19(24)25-3/h4-10H,1-3H3,(H,22,23). The maximum atomic E-state index is 12.4. The molecule has 7 heteroatoms. The van der Waals surface area contributed by atoms with Crippen LogP contribution in [0.2, 0.25) is 0 Å². The maximum absolute atomic E-state index is 12.4. The third kappa shape index (κ3) is 3.61. The molecule has 26 heavy (non-hydrogen) atoms. The largest absolute Gasteiger partial charge is 0.465 e. The minimum Gasteiger partial charge on any atom is -0.465 e. The van der Waals surface area contributed by atoms with Crippen LogP contribution in [0.1, 0.15) is 32.2 Å². The van der Waals surface area contributed by atoms with Crippen molar-refractivity contribution >= 4 is 17.6 Å². The molecular weight excluding hydrogens is 334 g/mol. The van der Waals surface area contributed by atoms with Gasteiger partial charge in [-0.15, -0.1) is 0 Å². The topological polar surface area (TPSA) is 94.3 Å². The molecule has 0 bridgehead atoms. The second kappa shape index (κ2) is 7.18. The number of pyridine rings is 1. The number of hydrogen-bond acceptors (Lipinski definition) is 6. The minimum atomic E-state index is -0.552. The lowest BCUT2D eigenvalue weighted by molar-refractivity contribution is 0.0600. The minimum absolute atomic E-state index is 0.208. The Morgan fingerprint density at radius 2 is 1.88 bits per heavy atom. The number of hydrogen-bond donors (Lipinski definition) is 1. The van der Waals surface area contributed by atoms with Gasteiger partial charge in [-0.3, -0.25) is 9.78 Å². The molecule has 7 nitrogen and oxygen atoms in total. The maximum Gasteiger partial charge on any atom is 0.339 e. The van der Waals surface area contributed by atoms with Crippen LogP contribution in [0, 0.1) is 13.8 Å². The Kier molecular flexibility index (Phi) is 4.79. The Labute approximate surface area is 150 Å². The molecular formula is C19H17N3O4. The van der Waals surface area contributed by atoms with Gasteiger partial charge in [-0.05, 0) is 38.1 Å². The number of rotatable bonds is 4. The molecule has 1 amide bonds. The van der Waals surface area contributed by atoms with Crippen molar-refractivity contribution in [2.24, 2.45) is 0 Å². The van der Waals surface area contributed by atoms with Crippen LogP contribution in [-0.4, -0.2) is 29.0 Å². The third-order valence-electron chi connectivity index (χ3n) is 3.82. The fourth-order valence-electron chi connectivity index (χ4n) is 2.32. The van der Waals surface area contributed by atoms with E-state index in [1.54, 1.807) is 18.2 Å². The summed E-state index contributed by atoms with van der Waals surface area (Å²) in [7, 11) is 1.27. The SMILES string of the molecule is COC(=O)c1cncc(C(=O)Nc2cccc(-c3nc(C)c(C)o3)c2)c1. The number of carbonyl (C=O) groups excluding carboxylic acids is 2. The van der Waals surface area contributed by atoms with Gasteiger partial charge in [-0.25, -0.2) is 9.78 Å². The lowest BCUT2D eigenvalue weighted by atomic mass is 10.1. The molecule has 132 valence electrons. The number of ether oxygens (including phenoxy) is 1. The number of benzene rings is 1. The average Bonchev–Trinajstić information content (AvgIpc) is 3.00. The quantitative estimate of drug-likeness (QED) is 0.724. The molecule has 3 rings (SSSR count). The van der Waals surface area contributed by atoms with Gasteiger partial charge in [0.15, 0.2) is 0 Å². The Morgan fingerprint density at radius 1 is 1.12 bits per heavy atom. The van der Waals surface area contributed by atoms with Gasteiger partial charge in [0.2, 0.25) is 5.89 Å². The van der Waals surface area contributed by atoms with Crippen molar-refractivity contribution in [3.8, 4) is 11.5 Å². The van der Waals surface area contributed by atoms with Crippen LogP contribution >= 0.6 is 0 Å². The first-order chi connectivity index (χ1) is 12.5. The van der Waals surface area contributed by atoms with Crippen molar-refractivity contribution in [2.75, 3.05) is 12.4 Å². The summed E-state index contributed by atoms with van der Waals surface area (Å²) >= 11 is 0. The van der Waals surface area contributed by atoms with E-state index in [-0.39, 0.29) is 17.0 Å². The number of carbonyl (C=O) groups is 2. The number of esters is 1. The van der Waals surface area contributed by atoms with Gasteiger partial charge in [0.1, 0.15) is 5.76 Å². The summed E-state index contributed by atoms with van der Waals surface area (Å²) in [5, 5.41) is 2.77. The third-order valence-corrected chi connectivity index (χ3v) is 3.82. The highest BCUT2D eigenvalue weighted by Gasteiger charge is 2.13. The Morgan fingerprint density at radius 3 is 2.58 bits per heavy atom. The van der Waals surface area contributed by atoms with Crippen molar-refractivity contribution in [1.82, 2.24) is 9.97 Å². The fraction of sp³-hybridized carbons (Fsp3) is 0.158. The van der Waals surface area contributed by atoms with E-state index >= 15 is 0 Å². The number of aromatic nitrogens is 2. The molecule has 0 radical (unpaired) electrons. The fourth-order valence-corrected chi connectivity index (χ4v) is 2.32. The summed E-state index contributed by atoms with van der Waals surface area (Å²) in [4.78, 5) is 32.3. The zero-order chi connectivity index (χ0) is 18.7. The zero-order valence-electron chi connectivity index (χ0n) is 14.6. The summed E-state index contributed by atoms with van der Waals surface area (Å²) in [5.74, 6) is 0.301. The number of amides is 1. The summed E-state index contributed by atoms with van der Waals surface area (Å²) in [6.07, 6.45) is 2.73. The highest BCUT2D eigenvalue weighted by atomic mass is 16.5. The van der Waals surface area contributed by atoms with E-state index in [1.807, 2.05) is 19.9 Å². The lowest BCUT2D eigenvalue weighted by Crippen LogP contribution is -2.13. The van der Waals surface area contributed by atoms with Crippen LogP contribution < -0.4 is 5.32 Å². The normalized spacial score (nSPS) is 10.4. The Balaban J connectivity index is 1.82. The second-order valence-electron chi connectivity index (χ2n) is 5.65.